The molecule has 0 bridgehead atoms. The zero-order chi connectivity index (χ0) is 19.9. The van der Waals surface area contributed by atoms with E-state index in [4.69, 9.17) is 18.9 Å². The molecular weight excluding hydrogens is 362 g/mol. The Labute approximate surface area is 162 Å². The molecule has 28 heavy (non-hydrogen) atoms. The van der Waals surface area contributed by atoms with E-state index in [9.17, 15) is 9.59 Å². The second-order valence-electron chi connectivity index (χ2n) is 6.13. The van der Waals surface area contributed by atoms with Gasteiger partial charge in [-0.05, 0) is 48.4 Å². The fourth-order valence-electron chi connectivity index (χ4n) is 2.52. The van der Waals surface area contributed by atoms with E-state index in [1.807, 2.05) is 12.1 Å². The van der Waals surface area contributed by atoms with Crippen LogP contribution in [0.4, 0.5) is 0 Å². The Morgan fingerprint density at radius 2 is 1.89 bits per heavy atom. The van der Waals surface area contributed by atoms with E-state index in [1.165, 1.54) is 6.08 Å². The Bertz CT molecular complexity index is 875. The minimum absolute atomic E-state index is 0.0807. The monoisotopic (exact) mass is 383 g/mol. The first kappa shape index (κ1) is 19.3. The van der Waals surface area contributed by atoms with Crippen molar-refractivity contribution in [2.24, 2.45) is 0 Å². The Morgan fingerprint density at radius 3 is 2.64 bits per heavy atom. The van der Waals surface area contributed by atoms with Crippen LogP contribution in [0.1, 0.15) is 18.1 Å². The zero-order valence-corrected chi connectivity index (χ0v) is 15.6. The van der Waals surface area contributed by atoms with Crippen LogP contribution >= 0.6 is 0 Å². The van der Waals surface area contributed by atoms with Crippen LogP contribution in [-0.4, -0.2) is 31.8 Å². The minimum atomic E-state index is -0.776. The molecule has 1 atom stereocenters. The lowest BCUT2D eigenvalue weighted by atomic mass is 10.2. The van der Waals surface area contributed by atoms with Gasteiger partial charge in [-0.2, -0.15) is 0 Å². The summed E-state index contributed by atoms with van der Waals surface area (Å²) in [5.74, 6) is 1.12. The van der Waals surface area contributed by atoms with Gasteiger partial charge in [-0.1, -0.05) is 18.2 Å². The molecule has 1 amide bonds. The molecular formula is C21H21NO6. The molecule has 2 aromatic rings. The average Bonchev–Trinajstić information content (AvgIpc) is 3.18. The van der Waals surface area contributed by atoms with Gasteiger partial charge in [-0.25, -0.2) is 4.79 Å². The highest BCUT2D eigenvalue weighted by Gasteiger charge is 2.17. The van der Waals surface area contributed by atoms with Gasteiger partial charge in [0.15, 0.2) is 11.5 Å². The molecule has 1 aliphatic heterocycles. The molecule has 2 aromatic carbocycles. The van der Waals surface area contributed by atoms with Crippen LogP contribution in [0.3, 0.4) is 0 Å². The van der Waals surface area contributed by atoms with E-state index in [1.54, 1.807) is 50.4 Å². The van der Waals surface area contributed by atoms with Gasteiger partial charge < -0.3 is 24.3 Å². The zero-order valence-electron chi connectivity index (χ0n) is 15.6. The van der Waals surface area contributed by atoms with Crippen LogP contribution in [0.15, 0.2) is 48.5 Å². The lowest BCUT2D eigenvalue weighted by Gasteiger charge is -2.12. The maximum absolute atomic E-state index is 12.1. The summed E-state index contributed by atoms with van der Waals surface area (Å²) < 4.78 is 20.9. The van der Waals surface area contributed by atoms with Gasteiger partial charge in [0.05, 0.1) is 7.11 Å². The van der Waals surface area contributed by atoms with E-state index >= 15 is 0 Å². The third-order valence-corrected chi connectivity index (χ3v) is 4.07. The predicted octanol–water partition coefficient (Wildman–Crippen LogP) is 2.69. The molecule has 0 radical (unpaired) electrons. The smallest absolute Gasteiger partial charge is 0.328 e. The largest absolute Gasteiger partial charge is 0.497 e. The van der Waals surface area contributed by atoms with Gasteiger partial charge >= 0.3 is 5.97 Å². The number of amides is 1. The molecule has 0 fully saturated rings. The van der Waals surface area contributed by atoms with Crippen molar-refractivity contribution >= 4 is 18.0 Å². The van der Waals surface area contributed by atoms with Crippen molar-refractivity contribution in [3.05, 3.63) is 59.7 Å². The van der Waals surface area contributed by atoms with Gasteiger partial charge in [0.2, 0.25) is 12.7 Å². The molecule has 0 aliphatic carbocycles. The Morgan fingerprint density at radius 1 is 1.14 bits per heavy atom. The molecule has 0 spiro atoms. The van der Waals surface area contributed by atoms with E-state index in [-0.39, 0.29) is 19.3 Å². The van der Waals surface area contributed by atoms with E-state index in [0.717, 1.165) is 16.9 Å². The molecule has 1 N–H and O–H groups in total. The molecule has 0 aromatic heterocycles. The van der Waals surface area contributed by atoms with Gasteiger partial charge in [-0.15, -0.1) is 0 Å². The lowest BCUT2D eigenvalue weighted by Crippen LogP contribution is -2.38. The van der Waals surface area contributed by atoms with Crippen molar-refractivity contribution in [3.8, 4) is 17.2 Å². The van der Waals surface area contributed by atoms with E-state index in [2.05, 4.69) is 5.32 Å². The number of methoxy groups -OCH3 is 1. The van der Waals surface area contributed by atoms with Crippen molar-refractivity contribution in [1.82, 2.24) is 5.32 Å². The number of hydrogen-bond acceptors (Lipinski definition) is 6. The van der Waals surface area contributed by atoms with Crippen molar-refractivity contribution in [2.75, 3.05) is 13.9 Å². The first-order valence-corrected chi connectivity index (χ1v) is 8.73. The Hall–Kier alpha value is -3.48. The molecule has 146 valence electrons. The molecule has 7 nitrogen and oxygen atoms in total. The number of esters is 1. The molecule has 3 rings (SSSR count). The fraction of sp³-hybridized carbons (Fsp3) is 0.238. The minimum Gasteiger partial charge on any atom is -0.497 e. The van der Waals surface area contributed by atoms with Crippen LogP contribution in [0, 0.1) is 0 Å². The highest BCUT2D eigenvalue weighted by atomic mass is 16.7. The number of carbonyl (C=O) groups is 2. The number of benzene rings is 2. The van der Waals surface area contributed by atoms with Gasteiger partial charge in [0, 0.05) is 6.08 Å². The van der Waals surface area contributed by atoms with E-state index < -0.39 is 12.0 Å². The maximum Gasteiger partial charge on any atom is 0.328 e. The topological polar surface area (TPSA) is 83.1 Å². The first-order valence-electron chi connectivity index (χ1n) is 8.73. The summed E-state index contributed by atoms with van der Waals surface area (Å²) >= 11 is 0. The number of rotatable bonds is 7. The highest BCUT2D eigenvalue weighted by Crippen LogP contribution is 2.32. The summed E-state index contributed by atoms with van der Waals surface area (Å²) in [5, 5.41) is 2.58. The summed E-state index contributed by atoms with van der Waals surface area (Å²) in [6.45, 7) is 1.84. The number of fused-ring (bicyclic) bond motifs is 1. The Balaban J connectivity index is 1.46. The van der Waals surface area contributed by atoms with Gasteiger partial charge in [-0.3, -0.25) is 4.79 Å². The standard InChI is InChI=1S/C21H21NO6/c1-14(22-20(23)10-6-15-3-7-17(25-2)8-4-15)21(24)26-12-16-5-9-18-19(11-16)28-13-27-18/h3-11,14H,12-13H2,1-2H3,(H,22,23)/b10-6+/t14-/m0/s1. The molecule has 0 saturated carbocycles. The van der Waals surface area contributed by atoms with Gasteiger partial charge in [0.25, 0.3) is 0 Å². The third kappa shape index (κ3) is 5.03. The van der Waals surface area contributed by atoms with Crippen LogP contribution < -0.4 is 19.5 Å². The summed E-state index contributed by atoms with van der Waals surface area (Å²) in [6.07, 6.45) is 3.02. The highest BCUT2D eigenvalue weighted by molar-refractivity contribution is 5.94. The van der Waals surface area contributed by atoms with Crippen LogP contribution in [0.25, 0.3) is 6.08 Å². The molecule has 7 heteroatoms. The second kappa shape index (κ2) is 8.94. The van der Waals surface area contributed by atoms with Crippen molar-refractivity contribution in [3.63, 3.8) is 0 Å². The summed E-state index contributed by atoms with van der Waals surface area (Å²) in [7, 11) is 1.59. The first-order chi connectivity index (χ1) is 13.5. The average molecular weight is 383 g/mol. The SMILES string of the molecule is COc1ccc(/C=C/C(=O)N[C@@H](C)C(=O)OCc2ccc3c(c2)OCO3)cc1. The van der Waals surface area contributed by atoms with Crippen LogP contribution in [-0.2, 0) is 20.9 Å². The quantitative estimate of drug-likeness (QED) is 0.585. The maximum atomic E-state index is 12.1. The number of carbonyl (C=O) groups excluding carboxylic acids is 2. The van der Waals surface area contributed by atoms with Crippen molar-refractivity contribution < 1.29 is 28.5 Å². The molecule has 1 aliphatic rings. The lowest BCUT2D eigenvalue weighted by molar-refractivity contribution is -0.148. The van der Waals surface area contributed by atoms with Crippen molar-refractivity contribution in [1.29, 1.82) is 0 Å². The number of hydrogen-bond donors (Lipinski definition) is 1. The van der Waals surface area contributed by atoms with Crippen LogP contribution in [0.2, 0.25) is 0 Å². The summed E-state index contributed by atoms with van der Waals surface area (Å²) in [4.78, 5) is 24.1. The van der Waals surface area contributed by atoms with E-state index in [0.29, 0.717) is 11.5 Å². The van der Waals surface area contributed by atoms with Crippen LogP contribution in [0.5, 0.6) is 17.2 Å². The molecule has 0 saturated heterocycles. The normalized spacial score (nSPS) is 13.2. The number of ether oxygens (including phenoxy) is 4. The third-order valence-electron chi connectivity index (χ3n) is 4.07. The second-order valence-corrected chi connectivity index (χ2v) is 6.13. The Kier molecular flexibility index (Phi) is 6.16. The molecule has 0 unspecified atom stereocenters. The number of nitrogens with one attached hydrogen (secondary N) is 1. The van der Waals surface area contributed by atoms with Crippen molar-refractivity contribution in [2.45, 2.75) is 19.6 Å². The molecule has 1 heterocycles. The predicted molar refractivity (Wildman–Crippen MR) is 102 cm³/mol. The van der Waals surface area contributed by atoms with Gasteiger partial charge in [0.1, 0.15) is 18.4 Å². The summed E-state index contributed by atoms with van der Waals surface area (Å²) in [5.41, 5.74) is 1.62. The summed E-state index contributed by atoms with van der Waals surface area (Å²) in [6, 6.07) is 11.8. The fourth-order valence-corrected chi connectivity index (χ4v) is 2.52.